The minimum Gasteiger partial charge on any atom is -0.292 e. The lowest BCUT2D eigenvalue weighted by molar-refractivity contribution is -0.676. The monoisotopic (exact) mass is 1450 g/mol. The molecule has 0 aliphatic rings. The van der Waals surface area contributed by atoms with Gasteiger partial charge in [-0.15, -0.1) is 0 Å². The van der Waals surface area contributed by atoms with E-state index in [0.717, 1.165) is 11.3 Å². The van der Waals surface area contributed by atoms with Gasteiger partial charge < -0.3 is 0 Å². The third-order valence-corrected chi connectivity index (χ3v) is 22.8. The zero-order valence-corrected chi connectivity index (χ0v) is 66.3. The van der Waals surface area contributed by atoms with Crippen LogP contribution in [0.15, 0.2) is 243 Å². The molecule has 0 bridgehead atoms. The van der Waals surface area contributed by atoms with Crippen molar-refractivity contribution in [2.45, 2.75) is 111 Å². The smallest absolute Gasteiger partial charge is 0.292 e. The molecule has 0 radical (unpaired) electrons. The van der Waals surface area contributed by atoms with Crippen molar-refractivity contribution in [3.63, 3.8) is 0 Å². The highest BCUT2D eigenvalue weighted by atomic mass is 15.3. The number of rotatable bonds is 5. The molecule has 12 heterocycles. The summed E-state index contributed by atoms with van der Waals surface area (Å²) in [5, 5.41) is 0. The molecule has 0 aliphatic heterocycles. The van der Waals surface area contributed by atoms with Crippen LogP contribution in [0.1, 0.15) is 91.9 Å². The van der Waals surface area contributed by atoms with Crippen molar-refractivity contribution in [2.75, 3.05) is 0 Å². The first-order chi connectivity index (χ1) is 52.6. The lowest BCUT2D eigenvalue weighted by Gasteiger charge is -2.13. The number of nitrogens with zero attached hydrogens (tertiary/aromatic N) is 15. The van der Waals surface area contributed by atoms with E-state index in [1.807, 2.05) is 6.33 Å². The summed E-state index contributed by atoms with van der Waals surface area (Å²) in [6.07, 6.45) is 10.6. The minimum atomic E-state index is 0. The summed E-state index contributed by atoms with van der Waals surface area (Å²) in [7, 11) is 8.52. The SMILES string of the molecule is C.Cc1cccc(C)c1-[n+]1c(C)n(C)c2cc3ccccn3c21.Cc1cccc(C)c1-n1c(C)[n+](C)c2c1cc1ccccn12.Cc1cccc(C)c1-n1c2ccccc2[n+]2cc(C)n(C)c12.Cc1cccc(C)c1-n1c2ccccc2n2c(C)[n+](C)cc12.Cc1cccc(C)c1-n1c2ccccc2n2cnc(C)c12. The zero-order chi connectivity index (χ0) is 76.3. The molecule has 0 N–H and O–H groups in total. The van der Waals surface area contributed by atoms with Crippen LogP contribution in [-0.2, 0) is 28.2 Å². The third kappa shape index (κ3) is 11.7. The molecular formula is C95H101N15+4. The molecule has 0 unspecified atom stereocenters. The van der Waals surface area contributed by atoms with E-state index >= 15 is 0 Å². The molecule has 20 rings (SSSR count). The summed E-state index contributed by atoms with van der Waals surface area (Å²) < 4.78 is 32.2. The topological polar surface area (TPSA) is 75.8 Å². The quantitative estimate of drug-likeness (QED) is 0.158. The maximum Gasteiger partial charge on any atom is 0.375 e. The van der Waals surface area contributed by atoms with Crippen LogP contribution in [0.25, 0.3) is 112 Å². The molecule has 0 saturated carbocycles. The first kappa shape index (κ1) is 72.8. The maximum atomic E-state index is 4.49. The summed E-state index contributed by atoms with van der Waals surface area (Å²) in [5.41, 5.74) is 38.8. The van der Waals surface area contributed by atoms with E-state index < -0.39 is 0 Å². The van der Waals surface area contributed by atoms with Crippen molar-refractivity contribution in [3.8, 4) is 28.4 Å². The van der Waals surface area contributed by atoms with Gasteiger partial charge in [-0.25, -0.2) is 32.1 Å². The number of hydrogen-bond donors (Lipinski definition) is 0. The molecule has 12 aromatic heterocycles. The largest absolute Gasteiger partial charge is 0.375 e. The molecule has 15 nitrogen and oxygen atoms in total. The van der Waals surface area contributed by atoms with Gasteiger partial charge >= 0.3 is 5.78 Å². The van der Waals surface area contributed by atoms with E-state index in [4.69, 9.17) is 0 Å². The number of imidazole rings is 8. The van der Waals surface area contributed by atoms with Gasteiger partial charge in [0.15, 0.2) is 22.7 Å². The summed E-state index contributed by atoms with van der Waals surface area (Å²) in [6.45, 7) is 32.5. The molecule has 15 heteroatoms. The Morgan fingerprint density at radius 2 is 0.782 bits per heavy atom. The first-order valence-corrected chi connectivity index (χ1v) is 37.7. The number of para-hydroxylation sites is 11. The summed E-state index contributed by atoms with van der Waals surface area (Å²) >= 11 is 0. The minimum absolute atomic E-state index is 0. The fraction of sp³-hybridized carbons (Fsp3) is 0.211. The van der Waals surface area contributed by atoms with Gasteiger partial charge in [0.2, 0.25) is 11.6 Å². The fourth-order valence-corrected chi connectivity index (χ4v) is 17.1. The zero-order valence-electron chi connectivity index (χ0n) is 66.3. The molecule has 20 aromatic rings. The van der Waals surface area contributed by atoms with E-state index in [1.54, 1.807) is 0 Å². The first-order valence-electron chi connectivity index (χ1n) is 37.7. The van der Waals surface area contributed by atoms with Crippen LogP contribution in [0.5, 0.6) is 0 Å². The van der Waals surface area contributed by atoms with Crippen LogP contribution < -0.4 is 18.1 Å². The van der Waals surface area contributed by atoms with Gasteiger partial charge in [0.1, 0.15) is 63.0 Å². The van der Waals surface area contributed by atoms with Crippen LogP contribution in [0, 0.1) is 104 Å². The van der Waals surface area contributed by atoms with Gasteiger partial charge in [-0.1, -0.05) is 147 Å². The van der Waals surface area contributed by atoms with Gasteiger partial charge in [0.05, 0.1) is 74.2 Å². The van der Waals surface area contributed by atoms with Crippen molar-refractivity contribution in [1.82, 2.24) is 50.0 Å². The second-order valence-corrected chi connectivity index (χ2v) is 29.8. The highest BCUT2D eigenvalue weighted by Gasteiger charge is 2.30. The molecular weight excluding hydrogens is 1350 g/mol. The lowest BCUT2D eigenvalue weighted by atomic mass is 10.1. The molecule has 0 fully saturated rings. The van der Waals surface area contributed by atoms with E-state index in [1.165, 1.54) is 185 Å². The molecule has 0 atom stereocenters. The van der Waals surface area contributed by atoms with E-state index in [9.17, 15) is 0 Å². The number of hydrogen-bond acceptors (Lipinski definition) is 1. The Bertz CT molecular complexity index is 6860. The van der Waals surface area contributed by atoms with Crippen LogP contribution in [-0.4, -0.2) is 50.0 Å². The molecule has 0 saturated heterocycles. The van der Waals surface area contributed by atoms with Crippen molar-refractivity contribution in [2.24, 2.45) is 28.2 Å². The van der Waals surface area contributed by atoms with Crippen LogP contribution in [0.4, 0.5) is 0 Å². The van der Waals surface area contributed by atoms with Gasteiger partial charge in [-0.05, 0) is 199 Å². The Hall–Kier alpha value is -12.8. The lowest BCUT2D eigenvalue weighted by Crippen LogP contribution is -2.36. The molecule has 0 aliphatic carbocycles. The molecule has 552 valence electrons. The van der Waals surface area contributed by atoms with Crippen molar-refractivity contribution >= 4 is 83.5 Å². The number of aromatic nitrogens is 15. The van der Waals surface area contributed by atoms with Crippen LogP contribution in [0.3, 0.4) is 0 Å². The summed E-state index contributed by atoms with van der Waals surface area (Å²) in [5.74, 6) is 4.90. The average molecular weight is 1450 g/mol. The standard InChI is InChI=1S/4C19H20N3.C18H17N3.CH4/c1-13-8-7-9-14(2)19(13)22-17-11-6-5-10-16(17)21-15(3)20(4)12-18(21)22;1-13-8-7-9-14(2)18(13)22-15(3)20(4)19-17(22)12-16-10-5-6-11-21(16)19;1-13-8-7-9-14(2)18(13)22-15(3)20(4)17-12-16-10-5-6-11-21(16)19(17)22;1-13-8-7-9-14(2)18(13)22-17-11-6-5-10-16(17)21-12-15(3)20(4)19(21)22;1-12-7-6-8-13(2)17(12)21-16-10-5-4-9-15(16)20-11-19-14(3)18(20)21;/h4*5-12H,1-4H3;4-11H,1-3H3;1H4/q4*+1;;. The molecule has 0 spiro atoms. The van der Waals surface area contributed by atoms with Crippen molar-refractivity contribution in [3.05, 3.63) is 328 Å². The Balaban J connectivity index is 0.000000109. The van der Waals surface area contributed by atoms with Crippen molar-refractivity contribution in [1.29, 1.82) is 0 Å². The number of aryl methyl sites for hydroxylation is 17. The predicted molar refractivity (Wildman–Crippen MR) is 451 cm³/mol. The van der Waals surface area contributed by atoms with Gasteiger partial charge in [0, 0.05) is 32.9 Å². The van der Waals surface area contributed by atoms with Crippen molar-refractivity contribution < 1.29 is 18.1 Å². The Morgan fingerprint density at radius 1 is 0.345 bits per heavy atom. The fourth-order valence-electron chi connectivity index (χ4n) is 17.1. The normalized spacial score (nSPS) is 11.5. The molecule has 0 amide bonds. The molecule has 110 heavy (non-hydrogen) atoms. The van der Waals surface area contributed by atoms with E-state index in [2.05, 4.69) is 437 Å². The Kier molecular flexibility index (Phi) is 18.8. The summed E-state index contributed by atoms with van der Waals surface area (Å²) in [6, 6.07) is 75.3. The molecule has 8 aromatic carbocycles. The van der Waals surface area contributed by atoms with E-state index in [0.29, 0.717) is 0 Å². The highest BCUT2D eigenvalue weighted by Crippen LogP contribution is 2.35. The van der Waals surface area contributed by atoms with Crippen LogP contribution in [0.2, 0.25) is 0 Å². The van der Waals surface area contributed by atoms with Crippen LogP contribution >= 0.6 is 0 Å². The van der Waals surface area contributed by atoms with Gasteiger partial charge in [-0.2, -0.15) is 17.9 Å². The van der Waals surface area contributed by atoms with Gasteiger partial charge in [0.25, 0.3) is 22.8 Å². The maximum absolute atomic E-state index is 4.49. The average Bonchev–Trinajstić information content (AvgIpc) is 1.61. The van der Waals surface area contributed by atoms with Gasteiger partial charge in [-0.3, -0.25) is 18.1 Å². The third-order valence-electron chi connectivity index (χ3n) is 22.8. The highest BCUT2D eigenvalue weighted by molar-refractivity contribution is 5.88. The second kappa shape index (κ2) is 28.4. The summed E-state index contributed by atoms with van der Waals surface area (Å²) in [4.78, 5) is 4.49. The number of fused-ring (bicyclic) bond motifs is 15. The Morgan fingerprint density at radius 3 is 1.33 bits per heavy atom. The Labute approximate surface area is 643 Å². The predicted octanol–water partition coefficient (Wildman–Crippen LogP) is 19.4. The van der Waals surface area contributed by atoms with E-state index in [-0.39, 0.29) is 7.43 Å². The number of pyridine rings is 2. The second-order valence-electron chi connectivity index (χ2n) is 29.8. The number of benzene rings is 8.